The molecule has 1 fully saturated rings. The molecule has 6 nitrogen and oxygen atoms in total. The molecule has 2 aliphatic rings. The van der Waals surface area contributed by atoms with Crippen LogP contribution in [-0.4, -0.2) is 27.9 Å². The molecule has 1 saturated heterocycles. The first kappa shape index (κ1) is 19.5. The second-order valence-corrected chi connectivity index (χ2v) is 8.43. The number of nitrogens with zero attached hydrogens (tertiary/aromatic N) is 3. The van der Waals surface area contributed by atoms with Gasteiger partial charge in [0.25, 0.3) is 0 Å². The van der Waals surface area contributed by atoms with Gasteiger partial charge < -0.3 is 14.8 Å². The van der Waals surface area contributed by atoms with Gasteiger partial charge in [-0.05, 0) is 50.5 Å². The number of rotatable bonds is 4. The third kappa shape index (κ3) is 3.85. The number of carbonyl (C=O) groups is 2. The fraction of sp³-hybridized carbons (Fsp3) is 0.320. The van der Waals surface area contributed by atoms with Crippen molar-refractivity contribution in [2.24, 2.45) is 5.92 Å². The first-order valence-electron chi connectivity index (χ1n) is 10.9. The van der Waals surface area contributed by atoms with Crippen molar-refractivity contribution in [3.05, 3.63) is 66.1 Å². The molecule has 5 rings (SSSR count). The molecule has 3 heterocycles. The predicted molar refractivity (Wildman–Crippen MR) is 121 cm³/mol. The lowest BCUT2D eigenvalue weighted by molar-refractivity contribution is -0.129. The number of nitrogens with one attached hydrogen (secondary N) is 1. The summed E-state index contributed by atoms with van der Waals surface area (Å²) in [6.45, 7) is 3.60. The highest BCUT2D eigenvalue weighted by Gasteiger charge is 2.37. The van der Waals surface area contributed by atoms with E-state index >= 15 is 0 Å². The van der Waals surface area contributed by atoms with E-state index in [9.17, 15) is 9.59 Å². The molecule has 0 saturated carbocycles. The van der Waals surface area contributed by atoms with Gasteiger partial charge in [-0.3, -0.25) is 9.59 Å². The lowest BCUT2D eigenvalue weighted by Crippen LogP contribution is -2.33. The minimum Gasteiger partial charge on any atom is -0.334 e. The van der Waals surface area contributed by atoms with Crippen LogP contribution in [-0.2, 0) is 22.6 Å². The van der Waals surface area contributed by atoms with Crippen LogP contribution in [0.5, 0.6) is 0 Å². The van der Waals surface area contributed by atoms with Gasteiger partial charge in [0.2, 0.25) is 11.8 Å². The minimum atomic E-state index is -0.652. The number of imidazole rings is 1. The Labute approximate surface area is 181 Å². The number of amides is 2. The molecule has 0 spiro atoms. The molecule has 1 N–H and O–H groups in total. The molecule has 2 amide bonds. The number of hydrogen-bond acceptors (Lipinski definition) is 3. The van der Waals surface area contributed by atoms with Crippen LogP contribution < -0.4 is 10.2 Å². The van der Waals surface area contributed by atoms with Crippen LogP contribution in [0, 0.1) is 12.8 Å². The normalized spacial score (nSPS) is 18.2. The van der Waals surface area contributed by atoms with Crippen molar-refractivity contribution in [1.29, 1.82) is 0 Å². The van der Waals surface area contributed by atoms with E-state index in [0.717, 1.165) is 41.3 Å². The molecule has 6 heteroatoms. The van der Waals surface area contributed by atoms with Gasteiger partial charge in [0.05, 0.1) is 5.69 Å². The first-order valence-corrected chi connectivity index (χ1v) is 10.9. The molecule has 1 atom stereocenters. The van der Waals surface area contributed by atoms with Crippen LogP contribution in [0.25, 0.3) is 11.3 Å². The Bertz CT molecular complexity index is 1090. The lowest BCUT2D eigenvalue weighted by atomic mass is 10.1. The zero-order valence-corrected chi connectivity index (χ0v) is 17.7. The lowest BCUT2D eigenvalue weighted by Gasteiger charge is -2.17. The number of carbonyl (C=O) groups excluding carboxylic acids is 2. The Hall–Kier alpha value is -3.41. The van der Waals surface area contributed by atoms with Gasteiger partial charge in [0, 0.05) is 42.6 Å². The summed E-state index contributed by atoms with van der Waals surface area (Å²) in [6.07, 6.45) is 6.07. The van der Waals surface area contributed by atoms with E-state index in [1.54, 1.807) is 4.90 Å². The van der Waals surface area contributed by atoms with Crippen LogP contribution in [0.3, 0.4) is 0 Å². The van der Waals surface area contributed by atoms with E-state index in [4.69, 9.17) is 4.98 Å². The standard InChI is InChI=1S/C25H26N4O2/c1-17-5-11-20(12-6-17)29-15-13-21(25(29)31)24(30)26-19-9-7-18(8-10-19)22-16-28-14-3-2-4-23(28)27-22/h5-12,16,21H,2-4,13-15H2,1H3,(H,26,30). The number of aromatic nitrogens is 2. The summed E-state index contributed by atoms with van der Waals surface area (Å²) in [6, 6.07) is 15.5. The van der Waals surface area contributed by atoms with E-state index < -0.39 is 5.92 Å². The molecule has 31 heavy (non-hydrogen) atoms. The predicted octanol–water partition coefficient (Wildman–Crippen LogP) is 4.19. The smallest absolute Gasteiger partial charge is 0.239 e. The van der Waals surface area contributed by atoms with Crippen molar-refractivity contribution < 1.29 is 9.59 Å². The van der Waals surface area contributed by atoms with Crippen molar-refractivity contribution in [3.8, 4) is 11.3 Å². The minimum absolute atomic E-state index is 0.137. The third-order valence-corrected chi connectivity index (χ3v) is 6.22. The van der Waals surface area contributed by atoms with Gasteiger partial charge in [0.15, 0.2) is 0 Å². The number of fused-ring (bicyclic) bond motifs is 1. The highest BCUT2D eigenvalue weighted by molar-refractivity contribution is 6.13. The van der Waals surface area contributed by atoms with Crippen LogP contribution in [0.4, 0.5) is 11.4 Å². The molecule has 0 bridgehead atoms. The highest BCUT2D eigenvalue weighted by atomic mass is 16.2. The summed E-state index contributed by atoms with van der Waals surface area (Å²) in [4.78, 5) is 32.0. The monoisotopic (exact) mass is 414 g/mol. The second-order valence-electron chi connectivity index (χ2n) is 8.43. The number of anilines is 2. The maximum atomic E-state index is 12.8. The maximum absolute atomic E-state index is 12.8. The summed E-state index contributed by atoms with van der Waals surface area (Å²) < 4.78 is 2.24. The van der Waals surface area contributed by atoms with Crippen LogP contribution in [0.2, 0.25) is 0 Å². The van der Waals surface area contributed by atoms with Crippen molar-refractivity contribution in [2.75, 3.05) is 16.8 Å². The molecule has 2 aromatic carbocycles. The van der Waals surface area contributed by atoms with Gasteiger partial charge in [0.1, 0.15) is 11.7 Å². The quantitative estimate of drug-likeness (QED) is 0.651. The third-order valence-electron chi connectivity index (χ3n) is 6.22. The first-order chi connectivity index (χ1) is 15.1. The van der Waals surface area contributed by atoms with Gasteiger partial charge in [-0.25, -0.2) is 4.98 Å². The van der Waals surface area contributed by atoms with E-state index in [1.807, 2.05) is 55.5 Å². The fourth-order valence-corrected chi connectivity index (χ4v) is 4.41. The topological polar surface area (TPSA) is 67.2 Å². The molecular weight excluding hydrogens is 388 g/mol. The number of hydrogen-bond donors (Lipinski definition) is 1. The summed E-state index contributed by atoms with van der Waals surface area (Å²) in [5.74, 6) is 0.115. The van der Waals surface area contributed by atoms with Crippen molar-refractivity contribution >= 4 is 23.2 Å². The zero-order chi connectivity index (χ0) is 21.4. The molecule has 0 radical (unpaired) electrons. The summed E-state index contributed by atoms with van der Waals surface area (Å²) in [7, 11) is 0. The molecule has 158 valence electrons. The summed E-state index contributed by atoms with van der Waals surface area (Å²) >= 11 is 0. The van der Waals surface area contributed by atoms with E-state index in [0.29, 0.717) is 18.7 Å². The largest absolute Gasteiger partial charge is 0.334 e. The van der Waals surface area contributed by atoms with E-state index in [2.05, 4.69) is 16.1 Å². The Morgan fingerprint density at radius 3 is 2.55 bits per heavy atom. The molecule has 2 aliphatic heterocycles. The maximum Gasteiger partial charge on any atom is 0.239 e. The molecule has 3 aromatic rings. The average Bonchev–Trinajstić information content (AvgIpc) is 3.38. The Morgan fingerprint density at radius 2 is 1.81 bits per heavy atom. The highest BCUT2D eigenvalue weighted by Crippen LogP contribution is 2.28. The van der Waals surface area contributed by atoms with Gasteiger partial charge in [-0.1, -0.05) is 29.8 Å². The molecule has 1 aromatic heterocycles. The zero-order valence-electron chi connectivity index (χ0n) is 17.7. The van der Waals surface area contributed by atoms with E-state index in [-0.39, 0.29) is 11.8 Å². The molecule has 1 unspecified atom stereocenters. The van der Waals surface area contributed by atoms with Crippen molar-refractivity contribution in [3.63, 3.8) is 0 Å². The fourth-order valence-electron chi connectivity index (χ4n) is 4.41. The van der Waals surface area contributed by atoms with Crippen LogP contribution >= 0.6 is 0 Å². The van der Waals surface area contributed by atoms with Crippen LogP contribution in [0.1, 0.15) is 30.7 Å². The Morgan fingerprint density at radius 1 is 1.03 bits per heavy atom. The second kappa shape index (κ2) is 8.02. The van der Waals surface area contributed by atoms with Gasteiger partial charge in [-0.15, -0.1) is 0 Å². The number of benzene rings is 2. The molecule has 0 aliphatic carbocycles. The average molecular weight is 415 g/mol. The number of aryl methyl sites for hydroxylation is 3. The summed E-state index contributed by atoms with van der Waals surface area (Å²) in [5, 5.41) is 2.91. The molecular formula is C25H26N4O2. The van der Waals surface area contributed by atoms with Gasteiger partial charge in [-0.2, -0.15) is 0 Å². The van der Waals surface area contributed by atoms with Crippen molar-refractivity contribution in [2.45, 2.75) is 39.2 Å². The van der Waals surface area contributed by atoms with Crippen molar-refractivity contribution in [1.82, 2.24) is 9.55 Å². The summed E-state index contributed by atoms with van der Waals surface area (Å²) in [5.41, 5.74) is 4.68. The van der Waals surface area contributed by atoms with Crippen LogP contribution in [0.15, 0.2) is 54.7 Å². The SMILES string of the molecule is Cc1ccc(N2CCC(C(=O)Nc3ccc(-c4cn5c(n4)CCCC5)cc3)C2=O)cc1. The van der Waals surface area contributed by atoms with Gasteiger partial charge >= 0.3 is 0 Å². The Balaban J connectivity index is 1.25. The van der Waals surface area contributed by atoms with E-state index in [1.165, 1.54) is 12.8 Å². The Kier molecular flexibility index (Phi) is 5.06.